The van der Waals surface area contributed by atoms with Gasteiger partial charge in [0, 0.05) is 5.92 Å². The Labute approximate surface area is 115 Å². The van der Waals surface area contributed by atoms with Gasteiger partial charge >= 0.3 is 0 Å². The molecule has 0 amide bonds. The van der Waals surface area contributed by atoms with Crippen LogP contribution in [0.25, 0.3) is 0 Å². The Balaban J connectivity index is 1.61. The summed E-state index contributed by atoms with van der Waals surface area (Å²) in [5, 5.41) is 3.88. The molecule has 1 aliphatic rings. The van der Waals surface area contributed by atoms with Crippen LogP contribution < -0.4 is 10.5 Å². The maximum Gasteiger partial charge on any atom is 0.264 e. The summed E-state index contributed by atoms with van der Waals surface area (Å²) in [6.45, 7) is 0.568. The summed E-state index contributed by atoms with van der Waals surface area (Å²) >= 11 is 0. The van der Waals surface area contributed by atoms with Crippen LogP contribution in [0, 0.1) is 5.82 Å². The number of ether oxygens (including phenoxy) is 1. The van der Waals surface area contributed by atoms with Crippen LogP contribution in [0.1, 0.15) is 36.0 Å². The van der Waals surface area contributed by atoms with Crippen molar-refractivity contribution >= 4 is 0 Å². The number of halogens is 1. The number of nitrogens with zero attached hydrogens (tertiary/aromatic N) is 2. The summed E-state index contributed by atoms with van der Waals surface area (Å²) in [5.41, 5.74) is 6.29. The predicted octanol–water partition coefficient (Wildman–Crippen LogP) is 2.17. The van der Waals surface area contributed by atoms with E-state index in [-0.39, 0.29) is 12.4 Å². The maximum absolute atomic E-state index is 13.8. The first-order chi connectivity index (χ1) is 9.76. The molecule has 2 N–H and O–H groups in total. The molecule has 1 heterocycles. The van der Waals surface area contributed by atoms with Crippen molar-refractivity contribution in [3.05, 3.63) is 41.3 Å². The van der Waals surface area contributed by atoms with Gasteiger partial charge in [-0.3, -0.25) is 0 Å². The topological polar surface area (TPSA) is 74.2 Å². The van der Waals surface area contributed by atoms with Gasteiger partial charge in [-0.15, -0.1) is 0 Å². The van der Waals surface area contributed by atoms with Gasteiger partial charge in [-0.2, -0.15) is 4.98 Å². The average Bonchev–Trinajstić information content (AvgIpc) is 3.18. The average molecular weight is 277 g/mol. The summed E-state index contributed by atoms with van der Waals surface area (Å²) in [7, 11) is 0. The molecule has 20 heavy (non-hydrogen) atoms. The van der Waals surface area contributed by atoms with Crippen molar-refractivity contribution in [1.82, 2.24) is 10.1 Å². The quantitative estimate of drug-likeness (QED) is 0.875. The van der Waals surface area contributed by atoms with Gasteiger partial charge in [-0.1, -0.05) is 11.2 Å². The molecule has 1 aliphatic carbocycles. The molecule has 3 rings (SSSR count). The Kier molecular flexibility index (Phi) is 3.64. The Morgan fingerprint density at radius 1 is 1.40 bits per heavy atom. The van der Waals surface area contributed by atoms with E-state index in [2.05, 4.69) is 10.1 Å². The first kappa shape index (κ1) is 13.1. The van der Waals surface area contributed by atoms with E-state index in [1.165, 1.54) is 6.07 Å². The van der Waals surface area contributed by atoms with Gasteiger partial charge in [0.25, 0.3) is 5.89 Å². The second kappa shape index (κ2) is 5.58. The number of hydrogen-bond donors (Lipinski definition) is 1. The van der Waals surface area contributed by atoms with Crippen molar-refractivity contribution in [2.24, 2.45) is 5.73 Å². The van der Waals surface area contributed by atoms with Gasteiger partial charge in [0.2, 0.25) is 0 Å². The molecule has 0 bridgehead atoms. The van der Waals surface area contributed by atoms with Crippen molar-refractivity contribution in [2.45, 2.75) is 31.8 Å². The molecule has 5 nitrogen and oxygen atoms in total. The monoisotopic (exact) mass is 277 g/mol. The Bertz CT molecular complexity index is 596. The van der Waals surface area contributed by atoms with Crippen LogP contribution in [0.2, 0.25) is 0 Å². The lowest BCUT2D eigenvalue weighted by Gasteiger charge is -2.06. The molecular formula is C14H16FN3O2. The fourth-order valence-corrected chi connectivity index (χ4v) is 1.96. The second-order valence-corrected chi connectivity index (χ2v) is 4.91. The molecule has 106 valence electrons. The summed E-state index contributed by atoms with van der Waals surface area (Å²) < 4.78 is 24.2. The smallest absolute Gasteiger partial charge is 0.264 e. The van der Waals surface area contributed by atoms with E-state index in [0.29, 0.717) is 24.8 Å². The Morgan fingerprint density at radius 3 is 2.95 bits per heavy atom. The highest BCUT2D eigenvalue weighted by Gasteiger charge is 2.28. The molecule has 1 fully saturated rings. The fourth-order valence-electron chi connectivity index (χ4n) is 1.96. The lowest BCUT2D eigenvalue weighted by Crippen LogP contribution is -2.04. The minimum atomic E-state index is -0.405. The molecule has 2 aromatic rings. The number of nitrogens with two attached hydrogens (primary N) is 1. The van der Waals surface area contributed by atoms with E-state index in [4.69, 9.17) is 15.0 Å². The van der Waals surface area contributed by atoms with Crippen LogP contribution in [0.15, 0.2) is 22.7 Å². The molecule has 6 heteroatoms. The number of benzene rings is 1. The van der Waals surface area contributed by atoms with Gasteiger partial charge in [0.05, 0.1) is 0 Å². The molecule has 0 unspecified atom stereocenters. The number of hydrogen-bond acceptors (Lipinski definition) is 5. The Morgan fingerprint density at radius 2 is 2.25 bits per heavy atom. The SMILES string of the molecule is NCCc1ccc(OCc2nc(C3CC3)no2)c(F)c1. The van der Waals surface area contributed by atoms with Crippen LogP contribution in [0.5, 0.6) is 5.75 Å². The minimum Gasteiger partial charge on any atom is -0.481 e. The predicted molar refractivity (Wildman–Crippen MR) is 69.8 cm³/mol. The molecule has 1 aromatic heterocycles. The van der Waals surface area contributed by atoms with Crippen molar-refractivity contribution < 1.29 is 13.7 Å². The van der Waals surface area contributed by atoms with E-state index in [0.717, 1.165) is 24.2 Å². The Hall–Kier alpha value is -1.95. The standard InChI is InChI=1S/C14H16FN3O2/c15-11-7-9(5-6-16)1-4-12(11)19-8-13-17-14(18-20-13)10-2-3-10/h1,4,7,10H,2-3,5-6,8,16H2. The normalized spacial score (nSPS) is 14.5. The maximum atomic E-state index is 13.8. The van der Waals surface area contributed by atoms with Crippen LogP contribution in [0.3, 0.4) is 0 Å². The van der Waals surface area contributed by atoms with Gasteiger partial charge in [0.1, 0.15) is 0 Å². The van der Waals surface area contributed by atoms with E-state index >= 15 is 0 Å². The third-order valence-electron chi connectivity index (χ3n) is 3.21. The highest BCUT2D eigenvalue weighted by Crippen LogP contribution is 2.38. The molecule has 0 saturated heterocycles. The van der Waals surface area contributed by atoms with E-state index in [9.17, 15) is 4.39 Å². The van der Waals surface area contributed by atoms with Gasteiger partial charge in [-0.25, -0.2) is 4.39 Å². The molecule has 0 spiro atoms. The van der Waals surface area contributed by atoms with Gasteiger partial charge in [-0.05, 0) is 43.5 Å². The largest absolute Gasteiger partial charge is 0.481 e. The molecule has 1 aromatic carbocycles. The zero-order valence-corrected chi connectivity index (χ0v) is 11.0. The van der Waals surface area contributed by atoms with Crippen molar-refractivity contribution in [2.75, 3.05) is 6.54 Å². The van der Waals surface area contributed by atoms with E-state index in [1.54, 1.807) is 12.1 Å². The third kappa shape index (κ3) is 2.96. The van der Waals surface area contributed by atoms with Crippen LogP contribution >= 0.6 is 0 Å². The highest BCUT2D eigenvalue weighted by atomic mass is 19.1. The van der Waals surface area contributed by atoms with Crippen LogP contribution in [0.4, 0.5) is 4.39 Å². The molecule has 0 aliphatic heterocycles. The molecule has 0 atom stereocenters. The first-order valence-corrected chi connectivity index (χ1v) is 6.70. The number of aromatic nitrogens is 2. The summed E-state index contributed by atoms with van der Waals surface area (Å²) in [6.07, 6.45) is 2.86. The van der Waals surface area contributed by atoms with Gasteiger partial charge in [0.15, 0.2) is 24.0 Å². The zero-order chi connectivity index (χ0) is 13.9. The summed E-state index contributed by atoms with van der Waals surface area (Å²) in [4.78, 5) is 4.22. The van der Waals surface area contributed by atoms with Gasteiger partial charge < -0.3 is 15.0 Å². The molecule has 1 saturated carbocycles. The minimum absolute atomic E-state index is 0.0763. The van der Waals surface area contributed by atoms with E-state index in [1.807, 2.05) is 0 Å². The van der Waals surface area contributed by atoms with Crippen LogP contribution in [-0.2, 0) is 13.0 Å². The number of rotatable bonds is 6. The summed E-state index contributed by atoms with van der Waals surface area (Å²) in [5.74, 6) is 1.30. The molecular weight excluding hydrogens is 261 g/mol. The summed E-state index contributed by atoms with van der Waals surface area (Å²) in [6, 6.07) is 4.83. The molecule has 0 radical (unpaired) electrons. The van der Waals surface area contributed by atoms with Crippen LogP contribution in [-0.4, -0.2) is 16.7 Å². The fraction of sp³-hybridized carbons (Fsp3) is 0.429. The lowest BCUT2D eigenvalue weighted by atomic mass is 10.1. The van der Waals surface area contributed by atoms with Crippen molar-refractivity contribution in [1.29, 1.82) is 0 Å². The van der Waals surface area contributed by atoms with Crippen molar-refractivity contribution in [3.63, 3.8) is 0 Å². The first-order valence-electron chi connectivity index (χ1n) is 6.70. The second-order valence-electron chi connectivity index (χ2n) is 4.91. The zero-order valence-electron chi connectivity index (χ0n) is 11.0. The van der Waals surface area contributed by atoms with Crippen molar-refractivity contribution in [3.8, 4) is 5.75 Å². The third-order valence-corrected chi connectivity index (χ3v) is 3.21. The highest BCUT2D eigenvalue weighted by molar-refractivity contribution is 5.29. The van der Waals surface area contributed by atoms with E-state index < -0.39 is 5.82 Å². The lowest BCUT2D eigenvalue weighted by molar-refractivity contribution is 0.234.